The molecule has 184 valence electrons. The molecular weight excluding hydrogens is 519 g/mol. The van der Waals surface area contributed by atoms with Gasteiger partial charge in [0.2, 0.25) is 0 Å². The molecule has 2 aliphatic rings. The third-order valence-corrected chi connectivity index (χ3v) is 5.59. The first kappa shape index (κ1) is 33.4. The van der Waals surface area contributed by atoms with Gasteiger partial charge in [-0.25, -0.2) is 0 Å². The van der Waals surface area contributed by atoms with Gasteiger partial charge in [0, 0.05) is 0 Å². The minimum atomic E-state index is 0. The van der Waals surface area contributed by atoms with Gasteiger partial charge >= 0.3 is 26.8 Å². The molecule has 4 aromatic carbocycles. The van der Waals surface area contributed by atoms with Crippen molar-refractivity contribution in [3.05, 3.63) is 134 Å². The predicted octanol–water partition coefficient (Wildman–Crippen LogP) is 8.11. The standard InChI is InChI=1S/2C13H9.C4H9.CH3.2ClH.H2Si.Ti/c2*1-3-7-12-10(5-1)9-11-6-2-4-8-13(11)12;1-3-4-2;;;;;/h2*1-5,7-8H,9H2;1,3-4H2,2H3;1H3;2*1H;1H2;/q4*-1;;;;. The van der Waals surface area contributed by atoms with Crippen molar-refractivity contribution >= 4 is 32.4 Å². The number of halogens is 2. The molecule has 0 bridgehead atoms. The molecule has 0 nitrogen and oxygen atoms in total. The fraction of sp³-hybridized carbons (Fsp3) is 0.161. The van der Waals surface area contributed by atoms with Gasteiger partial charge in [0.05, 0.1) is 0 Å². The Kier molecular flexibility index (Phi) is 16.9. The van der Waals surface area contributed by atoms with E-state index in [1.54, 1.807) is 0 Å². The van der Waals surface area contributed by atoms with Crippen LogP contribution in [-0.4, -0.2) is 7.63 Å². The maximum atomic E-state index is 3.60. The first-order chi connectivity index (χ1) is 15.8. The maximum Gasteiger partial charge on any atom is -0.0253 e. The molecule has 35 heavy (non-hydrogen) atoms. The Labute approximate surface area is 238 Å². The molecule has 0 aromatic heterocycles. The molecule has 0 amide bonds. The van der Waals surface area contributed by atoms with Gasteiger partial charge in [-0.2, -0.15) is 66.1 Å². The van der Waals surface area contributed by atoms with Crippen LogP contribution in [0.25, 0.3) is 22.3 Å². The summed E-state index contributed by atoms with van der Waals surface area (Å²) in [7, 11) is 1.86. The van der Waals surface area contributed by atoms with Crippen molar-refractivity contribution in [2.75, 3.05) is 0 Å². The van der Waals surface area contributed by atoms with Crippen LogP contribution < -0.4 is 0 Å². The molecule has 0 radical (unpaired) electrons. The van der Waals surface area contributed by atoms with Gasteiger partial charge in [-0.1, -0.05) is 84.1 Å². The molecule has 0 N–H and O–H groups in total. The number of benzene rings is 4. The van der Waals surface area contributed by atoms with E-state index in [9.17, 15) is 0 Å². The minimum Gasteiger partial charge on any atom is -0.179 e. The summed E-state index contributed by atoms with van der Waals surface area (Å²) in [5.74, 6) is 0. The van der Waals surface area contributed by atoms with Crippen molar-refractivity contribution < 1.29 is 19.2 Å². The Hall–Kier alpha value is -1.61. The quantitative estimate of drug-likeness (QED) is 0.143. The Morgan fingerprint density at radius 1 is 0.686 bits per heavy atom. The zero-order chi connectivity index (χ0) is 22.8. The number of fused-ring (bicyclic) bond motifs is 6. The number of hydrogen-bond donors (Lipinski definition) is 0. The van der Waals surface area contributed by atoms with E-state index in [0.29, 0.717) is 0 Å². The summed E-state index contributed by atoms with van der Waals surface area (Å²) < 4.78 is 0. The van der Waals surface area contributed by atoms with Crippen molar-refractivity contribution in [1.82, 2.24) is 0 Å². The van der Waals surface area contributed by atoms with Crippen LogP contribution in [0.2, 0.25) is 0 Å². The first-order valence-corrected chi connectivity index (χ1v) is 15.1. The van der Waals surface area contributed by atoms with Crippen molar-refractivity contribution in [3.8, 4) is 22.3 Å². The normalized spacial score (nSPS) is 10.1. The molecule has 0 heterocycles. The van der Waals surface area contributed by atoms with Gasteiger partial charge in [-0.05, 0) is 12.8 Å². The second-order valence-corrected chi connectivity index (χ2v) is 7.65. The second kappa shape index (κ2) is 17.8. The van der Waals surface area contributed by atoms with Gasteiger partial charge in [-0.3, -0.25) is 0 Å². The molecular formula is C31H34Cl2SiTi-4. The van der Waals surface area contributed by atoms with Gasteiger partial charge in [0.25, 0.3) is 0 Å². The summed E-state index contributed by atoms with van der Waals surface area (Å²) in [6, 6.07) is 36.2. The molecule has 0 spiro atoms. The number of hydrogen-bond acceptors (Lipinski definition) is 0. The molecule has 4 heteroatoms. The molecule has 0 saturated heterocycles. The molecule has 2 aliphatic carbocycles. The van der Waals surface area contributed by atoms with Gasteiger partial charge < -0.3 is 14.4 Å². The zero-order valence-electron chi connectivity index (χ0n) is 20.6. The molecule has 4 aromatic rings. The smallest absolute Gasteiger partial charge is 0.0253 e. The summed E-state index contributed by atoms with van der Waals surface area (Å²) in [6.07, 6.45) is 4.37. The summed E-state index contributed by atoms with van der Waals surface area (Å²) in [4.78, 5) is 0. The van der Waals surface area contributed by atoms with Crippen LogP contribution in [0.1, 0.15) is 42.0 Å². The topological polar surface area (TPSA) is 0 Å². The third kappa shape index (κ3) is 8.48. The van der Waals surface area contributed by atoms with Crippen molar-refractivity contribution in [2.24, 2.45) is 0 Å². The monoisotopic (exact) mass is 552 g/mol. The van der Waals surface area contributed by atoms with E-state index in [1.165, 1.54) is 50.9 Å². The third-order valence-electron chi connectivity index (χ3n) is 5.59. The summed E-state index contributed by atoms with van der Waals surface area (Å²) >= 11 is 2.03. The average molecular weight is 553 g/mol. The van der Waals surface area contributed by atoms with E-state index in [0.717, 1.165) is 19.3 Å². The van der Waals surface area contributed by atoms with Gasteiger partial charge in [0.1, 0.15) is 0 Å². The van der Waals surface area contributed by atoms with E-state index in [-0.39, 0.29) is 32.2 Å². The average Bonchev–Trinajstić information content (AvgIpc) is 3.44. The number of unbranched alkanes of at least 4 members (excludes halogenated alkanes) is 1. The zero-order valence-corrected chi connectivity index (χ0v) is 25.3. The fourth-order valence-corrected chi connectivity index (χ4v) is 4.00. The van der Waals surface area contributed by atoms with Crippen LogP contribution in [0.3, 0.4) is 0 Å². The largest absolute Gasteiger partial charge is 0.179 e. The van der Waals surface area contributed by atoms with E-state index < -0.39 is 0 Å². The van der Waals surface area contributed by atoms with Crippen LogP contribution in [0, 0.1) is 26.5 Å². The van der Waals surface area contributed by atoms with Crippen molar-refractivity contribution in [1.29, 1.82) is 0 Å². The Morgan fingerprint density at radius 2 is 1.03 bits per heavy atom. The van der Waals surface area contributed by atoms with Crippen LogP contribution in [-0.2, 0) is 32.0 Å². The number of rotatable bonds is 1. The van der Waals surface area contributed by atoms with E-state index in [2.05, 4.69) is 98.8 Å². The molecule has 0 aliphatic heterocycles. The summed E-state index contributed by atoms with van der Waals surface area (Å²) in [5, 5.41) is 0. The van der Waals surface area contributed by atoms with Crippen LogP contribution in [0.15, 0.2) is 84.9 Å². The Balaban J connectivity index is 0.000000507. The predicted molar refractivity (Wildman–Crippen MR) is 157 cm³/mol. The molecule has 0 fully saturated rings. The molecule has 0 unspecified atom stereocenters. The minimum absolute atomic E-state index is 0. The van der Waals surface area contributed by atoms with Crippen molar-refractivity contribution in [3.63, 3.8) is 0 Å². The molecule has 0 saturated carbocycles. The van der Waals surface area contributed by atoms with E-state index >= 15 is 0 Å². The van der Waals surface area contributed by atoms with E-state index in [1.807, 2.05) is 38.9 Å². The van der Waals surface area contributed by atoms with Crippen LogP contribution >= 0.6 is 24.8 Å². The second-order valence-electron chi connectivity index (χ2n) is 7.65. The van der Waals surface area contributed by atoms with Crippen LogP contribution in [0.5, 0.6) is 0 Å². The maximum absolute atomic E-state index is 3.60. The fourth-order valence-electron chi connectivity index (χ4n) is 4.00. The molecule has 0 atom stereocenters. The van der Waals surface area contributed by atoms with Gasteiger partial charge in [0.15, 0.2) is 0 Å². The summed E-state index contributed by atoms with van der Waals surface area (Å²) in [6.45, 7) is 5.72. The molecule has 6 rings (SSSR count). The SMILES string of the molecule is Cl.Cl.[CH2-]CCC.[CH3-].[SiH2]=[Ti].[c-]1cccc2c1Cc1ccccc1-2.[c-]1cccc2c1Cc1ccccc1-2. The first-order valence-electron chi connectivity index (χ1n) is 11.1. The Morgan fingerprint density at radius 3 is 1.40 bits per heavy atom. The van der Waals surface area contributed by atoms with E-state index in [4.69, 9.17) is 0 Å². The Bertz CT molecular complexity index is 982. The van der Waals surface area contributed by atoms with Gasteiger partial charge in [-0.15, -0.1) is 35.9 Å². The van der Waals surface area contributed by atoms with Crippen molar-refractivity contribution in [2.45, 2.75) is 32.6 Å². The van der Waals surface area contributed by atoms with Crippen LogP contribution in [0.4, 0.5) is 0 Å². The summed E-state index contributed by atoms with van der Waals surface area (Å²) in [5.41, 5.74) is 11.0.